The fraction of sp³-hybridized carbons (Fsp3) is 0.111. The van der Waals surface area contributed by atoms with Crippen molar-refractivity contribution in [2.24, 2.45) is 5.16 Å². The zero-order valence-electron chi connectivity index (χ0n) is 6.99. The van der Waals surface area contributed by atoms with E-state index in [9.17, 15) is 4.39 Å². The van der Waals surface area contributed by atoms with Crippen LogP contribution >= 0.6 is 0 Å². The van der Waals surface area contributed by atoms with Crippen LogP contribution in [0.3, 0.4) is 0 Å². The minimum atomic E-state index is -0.486. The van der Waals surface area contributed by atoms with Gasteiger partial charge in [0.25, 0.3) is 0 Å². The zero-order valence-corrected chi connectivity index (χ0v) is 6.99. The van der Waals surface area contributed by atoms with Gasteiger partial charge in [-0.3, -0.25) is 0 Å². The first-order chi connectivity index (χ1) is 6.29. The molecule has 1 rings (SSSR count). The van der Waals surface area contributed by atoms with E-state index in [1.165, 1.54) is 19.2 Å². The van der Waals surface area contributed by atoms with E-state index in [0.717, 1.165) is 0 Å². The van der Waals surface area contributed by atoms with Crippen molar-refractivity contribution in [3.63, 3.8) is 0 Å². The molecule has 13 heavy (non-hydrogen) atoms. The Hall–Kier alpha value is -1.89. The molecule has 0 saturated carbocycles. The molecule has 0 aliphatic rings. The minimum Gasteiger partial charge on any atom is -0.398 e. The van der Waals surface area contributed by atoms with Crippen molar-refractivity contribution < 1.29 is 9.23 Å². The third-order valence-corrected chi connectivity index (χ3v) is 1.42. The van der Waals surface area contributed by atoms with E-state index >= 15 is 0 Å². The fourth-order valence-electron chi connectivity index (χ4n) is 0.874. The van der Waals surface area contributed by atoms with Crippen molar-refractivity contribution in [2.45, 2.75) is 0 Å². The van der Waals surface area contributed by atoms with Gasteiger partial charge in [0.2, 0.25) is 0 Å². The monoisotopic (exact) mass is 178 g/mol. The second-order valence-corrected chi connectivity index (χ2v) is 2.21. The molecule has 0 aliphatic carbocycles. The molecule has 0 N–H and O–H groups in total. The minimum absolute atomic E-state index is 0.0689. The average Bonchev–Trinajstić information content (AvgIpc) is 2.16. The molecule has 0 unspecified atom stereocenters. The molecule has 0 saturated heterocycles. The molecule has 0 aliphatic heterocycles. The maximum Gasteiger partial charge on any atom is 0.189 e. The first-order valence-corrected chi connectivity index (χ1v) is 3.55. The molecule has 0 fully saturated rings. The van der Waals surface area contributed by atoms with Gasteiger partial charge in [-0.2, -0.15) is 5.26 Å². The molecule has 0 heterocycles. The molecule has 0 aromatic heterocycles. The van der Waals surface area contributed by atoms with Gasteiger partial charge in [0, 0.05) is 0 Å². The van der Waals surface area contributed by atoms with Gasteiger partial charge < -0.3 is 4.84 Å². The van der Waals surface area contributed by atoms with Gasteiger partial charge in [0.15, 0.2) is 5.71 Å². The van der Waals surface area contributed by atoms with Crippen LogP contribution < -0.4 is 0 Å². The summed E-state index contributed by atoms with van der Waals surface area (Å²) in [5, 5.41) is 12.0. The molecular formula is C9H7FN2O. The quantitative estimate of drug-likeness (QED) is 0.511. The number of hydrogen-bond acceptors (Lipinski definition) is 3. The summed E-state index contributed by atoms with van der Waals surface area (Å²) >= 11 is 0. The van der Waals surface area contributed by atoms with Gasteiger partial charge in [-0.25, -0.2) is 4.39 Å². The highest BCUT2D eigenvalue weighted by molar-refractivity contribution is 6.11. The molecule has 0 bridgehead atoms. The lowest BCUT2D eigenvalue weighted by Crippen LogP contribution is -2.00. The number of rotatable bonds is 2. The lowest BCUT2D eigenvalue weighted by Gasteiger charge is -1.97. The van der Waals surface area contributed by atoms with Gasteiger partial charge in [-0.15, -0.1) is 0 Å². The van der Waals surface area contributed by atoms with Crippen LogP contribution in [0.25, 0.3) is 0 Å². The first-order valence-electron chi connectivity index (χ1n) is 3.55. The van der Waals surface area contributed by atoms with Crippen molar-refractivity contribution >= 4 is 5.71 Å². The van der Waals surface area contributed by atoms with Gasteiger partial charge in [0.1, 0.15) is 19.0 Å². The number of benzene rings is 1. The van der Waals surface area contributed by atoms with Crippen molar-refractivity contribution in [3.8, 4) is 6.07 Å². The third kappa shape index (κ3) is 2.03. The van der Waals surface area contributed by atoms with Crippen LogP contribution in [0.1, 0.15) is 5.56 Å². The smallest absolute Gasteiger partial charge is 0.189 e. The van der Waals surface area contributed by atoms with E-state index in [-0.39, 0.29) is 11.3 Å². The summed E-state index contributed by atoms with van der Waals surface area (Å²) in [6, 6.07) is 7.64. The predicted octanol–water partition coefficient (Wildman–Crippen LogP) is 1.70. The van der Waals surface area contributed by atoms with Crippen LogP contribution in [-0.2, 0) is 4.84 Å². The molecule has 66 valence electrons. The zero-order chi connectivity index (χ0) is 9.68. The Labute approximate surface area is 75.0 Å². The first kappa shape index (κ1) is 9.20. The van der Waals surface area contributed by atoms with Gasteiger partial charge in [-0.1, -0.05) is 17.3 Å². The summed E-state index contributed by atoms with van der Waals surface area (Å²) in [6.07, 6.45) is 0. The Bertz CT molecular complexity index is 368. The summed E-state index contributed by atoms with van der Waals surface area (Å²) in [5.74, 6) is -0.486. The molecule has 0 atom stereocenters. The molecule has 0 amide bonds. The van der Waals surface area contributed by atoms with Crippen LogP contribution in [0.2, 0.25) is 0 Å². The van der Waals surface area contributed by atoms with E-state index in [2.05, 4.69) is 9.99 Å². The largest absolute Gasteiger partial charge is 0.398 e. The molecule has 1 aromatic rings. The Morgan fingerprint density at radius 2 is 2.23 bits per heavy atom. The second-order valence-electron chi connectivity index (χ2n) is 2.21. The standard InChI is InChI=1S/C9H7FN2O/c1-13-12-9(6-11)7-4-2-3-5-8(7)10/h2-5H,1H3. The Kier molecular flexibility index (Phi) is 2.98. The summed E-state index contributed by atoms with van der Waals surface area (Å²) in [4.78, 5) is 4.40. The SMILES string of the molecule is CON=C(C#N)c1ccccc1F. The van der Waals surface area contributed by atoms with Gasteiger partial charge >= 0.3 is 0 Å². The molecule has 3 nitrogen and oxygen atoms in total. The number of halogens is 1. The van der Waals surface area contributed by atoms with Gasteiger partial charge in [0.05, 0.1) is 5.56 Å². The molecule has 0 spiro atoms. The topological polar surface area (TPSA) is 45.4 Å². The Morgan fingerprint density at radius 3 is 2.77 bits per heavy atom. The summed E-state index contributed by atoms with van der Waals surface area (Å²) in [7, 11) is 1.30. The fourth-order valence-corrected chi connectivity index (χ4v) is 0.874. The predicted molar refractivity (Wildman–Crippen MR) is 45.6 cm³/mol. The highest BCUT2D eigenvalue weighted by Gasteiger charge is 2.07. The van der Waals surface area contributed by atoms with Crippen molar-refractivity contribution in [1.82, 2.24) is 0 Å². The normalized spacial score (nSPS) is 10.7. The van der Waals surface area contributed by atoms with Crippen molar-refractivity contribution in [3.05, 3.63) is 35.6 Å². The Morgan fingerprint density at radius 1 is 1.54 bits per heavy atom. The number of oxime groups is 1. The highest BCUT2D eigenvalue weighted by Crippen LogP contribution is 2.07. The average molecular weight is 178 g/mol. The van der Waals surface area contributed by atoms with E-state index in [1.807, 2.05) is 0 Å². The molecule has 1 aromatic carbocycles. The lowest BCUT2D eigenvalue weighted by molar-refractivity contribution is 0.214. The Balaban J connectivity index is 3.14. The van der Waals surface area contributed by atoms with E-state index in [0.29, 0.717) is 0 Å². The van der Waals surface area contributed by atoms with Gasteiger partial charge in [-0.05, 0) is 12.1 Å². The maximum atomic E-state index is 13.1. The molecule has 4 heteroatoms. The third-order valence-electron chi connectivity index (χ3n) is 1.42. The van der Waals surface area contributed by atoms with E-state index < -0.39 is 5.82 Å². The summed E-state index contributed by atoms with van der Waals surface area (Å²) in [6.45, 7) is 0. The van der Waals surface area contributed by atoms with Crippen LogP contribution in [0, 0.1) is 17.1 Å². The number of nitrogens with zero attached hydrogens (tertiary/aromatic N) is 2. The van der Waals surface area contributed by atoms with Crippen LogP contribution in [0.4, 0.5) is 4.39 Å². The maximum absolute atomic E-state index is 13.1. The lowest BCUT2D eigenvalue weighted by atomic mass is 10.1. The van der Waals surface area contributed by atoms with Crippen LogP contribution in [0.5, 0.6) is 0 Å². The second kappa shape index (κ2) is 4.21. The number of nitriles is 1. The van der Waals surface area contributed by atoms with Crippen LogP contribution in [-0.4, -0.2) is 12.8 Å². The van der Waals surface area contributed by atoms with Crippen LogP contribution in [0.15, 0.2) is 29.4 Å². The van der Waals surface area contributed by atoms with Crippen molar-refractivity contribution in [2.75, 3.05) is 7.11 Å². The molecule has 0 radical (unpaired) electrons. The van der Waals surface area contributed by atoms with E-state index in [1.54, 1.807) is 18.2 Å². The highest BCUT2D eigenvalue weighted by atomic mass is 19.1. The summed E-state index contributed by atoms with van der Waals surface area (Å²) in [5.41, 5.74) is 0.0763. The van der Waals surface area contributed by atoms with Crippen molar-refractivity contribution in [1.29, 1.82) is 5.26 Å². The van der Waals surface area contributed by atoms with E-state index in [4.69, 9.17) is 5.26 Å². The number of hydrogen-bond donors (Lipinski definition) is 0. The summed E-state index contributed by atoms with van der Waals surface area (Å²) < 4.78 is 13.1. The molecular weight excluding hydrogens is 171 g/mol.